The lowest BCUT2D eigenvalue weighted by atomic mass is 10.0. The van der Waals surface area contributed by atoms with Crippen molar-refractivity contribution in [1.82, 2.24) is 4.90 Å². The Labute approximate surface area is 95.6 Å². The molecule has 2 aliphatic carbocycles. The highest BCUT2D eigenvalue weighted by atomic mass is 16.4. The molecule has 0 aromatic rings. The maximum atomic E-state index is 12.0. The monoisotopic (exact) mass is 225 g/mol. The van der Waals surface area contributed by atoms with E-state index in [1.807, 2.05) is 0 Å². The van der Waals surface area contributed by atoms with Crippen molar-refractivity contribution < 1.29 is 14.7 Å². The van der Waals surface area contributed by atoms with E-state index in [0.717, 1.165) is 0 Å². The molecule has 4 nitrogen and oxygen atoms in total. The van der Waals surface area contributed by atoms with E-state index in [-0.39, 0.29) is 18.2 Å². The van der Waals surface area contributed by atoms with E-state index in [2.05, 4.69) is 0 Å². The number of hydrogen-bond acceptors (Lipinski definition) is 2. The zero-order valence-electron chi connectivity index (χ0n) is 9.69. The molecule has 0 aromatic carbocycles. The number of carboxylic acid groups (broad SMARTS) is 1. The molecule has 0 aromatic heterocycles. The summed E-state index contributed by atoms with van der Waals surface area (Å²) in [4.78, 5) is 24.0. The van der Waals surface area contributed by atoms with Crippen molar-refractivity contribution in [3.05, 3.63) is 0 Å². The second-order valence-electron chi connectivity index (χ2n) is 5.04. The molecular weight excluding hydrogens is 206 g/mol. The summed E-state index contributed by atoms with van der Waals surface area (Å²) in [6.45, 7) is 0.337. The first-order valence-electron chi connectivity index (χ1n) is 6.08. The number of hydrogen-bond donors (Lipinski definition) is 1. The van der Waals surface area contributed by atoms with Crippen LogP contribution in [0.15, 0.2) is 0 Å². The van der Waals surface area contributed by atoms with Gasteiger partial charge in [-0.1, -0.05) is 12.8 Å². The number of nitrogens with zero attached hydrogens (tertiary/aromatic N) is 1. The van der Waals surface area contributed by atoms with Crippen LogP contribution in [0.5, 0.6) is 0 Å². The zero-order chi connectivity index (χ0) is 11.7. The third kappa shape index (κ3) is 2.20. The lowest BCUT2D eigenvalue weighted by Gasteiger charge is -2.15. The minimum Gasteiger partial charge on any atom is -0.481 e. The molecule has 0 spiro atoms. The van der Waals surface area contributed by atoms with Crippen LogP contribution in [0.2, 0.25) is 0 Å². The van der Waals surface area contributed by atoms with E-state index in [1.165, 1.54) is 25.7 Å². The zero-order valence-corrected chi connectivity index (χ0v) is 9.69. The summed E-state index contributed by atoms with van der Waals surface area (Å²) in [5.41, 5.74) is 0. The van der Waals surface area contributed by atoms with Crippen LogP contribution in [0.25, 0.3) is 0 Å². The van der Waals surface area contributed by atoms with Crippen molar-refractivity contribution in [3.63, 3.8) is 0 Å². The molecule has 0 bridgehead atoms. The lowest BCUT2D eigenvalue weighted by molar-refractivity contribution is -0.138. The normalized spacial score (nSPS) is 31.7. The second-order valence-corrected chi connectivity index (χ2v) is 5.04. The molecule has 0 radical (unpaired) electrons. The molecule has 1 N–H and O–H groups in total. The van der Waals surface area contributed by atoms with Crippen molar-refractivity contribution in [2.45, 2.75) is 32.1 Å². The van der Waals surface area contributed by atoms with Gasteiger partial charge in [0.15, 0.2) is 0 Å². The Morgan fingerprint density at radius 3 is 2.31 bits per heavy atom. The van der Waals surface area contributed by atoms with Crippen molar-refractivity contribution >= 4 is 11.9 Å². The summed E-state index contributed by atoms with van der Waals surface area (Å²) in [6.07, 6.45) is 4.93. The van der Waals surface area contributed by atoms with Crippen molar-refractivity contribution in [1.29, 1.82) is 0 Å². The van der Waals surface area contributed by atoms with Gasteiger partial charge in [0.1, 0.15) is 0 Å². The summed E-state index contributed by atoms with van der Waals surface area (Å²) in [5.74, 6) is 0.745. The molecule has 4 heteroatoms. The van der Waals surface area contributed by atoms with Crippen molar-refractivity contribution in [3.8, 4) is 0 Å². The molecule has 0 heterocycles. The predicted molar refractivity (Wildman–Crippen MR) is 58.8 cm³/mol. The first-order valence-corrected chi connectivity index (χ1v) is 6.08. The largest absolute Gasteiger partial charge is 0.481 e. The minimum absolute atomic E-state index is 0.0459. The Balaban J connectivity index is 1.81. The average Bonchev–Trinajstić information content (AvgIpc) is 2.99. The van der Waals surface area contributed by atoms with Gasteiger partial charge < -0.3 is 10.0 Å². The molecule has 2 fully saturated rings. The molecule has 2 aliphatic rings. The molecule has 2 rings (SSSR count). The first kappa shape index (κ1) is 11.4. The van der Waals surface area contributed by atoms with Crippen LogP contribution < -0.4 is 0 Å². The van der Waals surface area contributed by atoms with Gasteiger partial charge in [0, 0.05) is 19.5 Å². The van der Waals surface area contributed by atoms with E-state index in [1.54, 1.807) is 11.9 Å². The summed E-state index contributed by atoms with van der Waals surface area (Å²) in [6, 6.07) is 0. The average molecular weight is 225 g/mol. The van der Waals surface area contributed by atoms with Crippen LogP contribution in [0, 0.1) is 17.8 Å². The topological polar surface area (TPSA) is 57.6 Å². The number of fused-ring (bicyclic) bond motifs is 1. The Hall–Kier alpha value is -1.06. The Morgan fingerprint density at radius 2 is 1.81 bits per heavy atom. The maximum Gasteiger partial charge on any atom is 0.305 e. The van der Waals surface area contributed by atoms with Gasteiger partial charge in [0.25, 0.3) is 0 Å². The number of amides is 1. The molecule has 90 valence electrons. The first-order chi connectivity index (χ1) is 7.61. The smallest absolute Gasteiger partial charge is 0.305 e. The number of aliphatic carboxylic acids is 1. The molecule has 1 amide bonds. The van der Waals surface area contributed by atoms with Gasteiger partial charge in [-0.15, -0.1) is 0 Å². The predicted octanol–water partition coefficient (Wildman–Crippen LogP) is 1.36. The molecule has 16 heavy (non-hydrogen) atoms. The van der Waals surface area contributed by atoms with Crippen LogP contribution in [0.4, 0.5) is 0 Å². The van der Waals surface area contributed by atoms with Gasteiger partial charge in [0.05, 0.1) is 6.42 Å². The van der Waals surface area contributed by atoms with Crippen LogP contribution in [-0.4, -0.2) is 35.5 Å². The molecule has 2 saturated carbocycles. The van der Waals surface area contributed by atoms with E-state index in [0.29, 0.717) is 18.4 Å². The van der Waals surface area contributed by atoms with E-state index in [9.17, 15) is 9.59 Å². The van der Waals surface area contributed by atoms with Gasteiger partial charge in [-0.25, -0.2) is 0 Å². The second kappa shape index (κ2) is 4.44. The van der Waals surface area contributed by atoms with Crippen LogP contribution in [0.3, 0.4) is 0 Å². The van der Waals surface area contributed by atoms with Crippen molar-refractivity contribution in [2.75, 3.05) is 13.6 Å². The van der Waals surface area contributed by atoms with Crippen LogP contribution in [0.1, 0.15) is 32.1 Å². The minimum atomic E-state index is -0.840. The maximum absolute atomic E-state index is 12.0. The quantitative estimate of drug-likeness (QED) is 0.785. The lowest BCUT2D eigenvalue weighted by Crippen LogP contribution is -2.31. The number of carbonyl (C=O) groups excluding carboxylic acids is 1. The summed E-state index contributed by atoms with van der Waals surface area (Å²) in [7, 11) is 1.72. The number of carboxylic acids is 1. The third-order valence-electron chi connectivity index (χ3n) is 3.98. The van der Waals surface area contributed by atoms with Gasteiger partial charge in [-0.3, -0.25) is 9.59 Å². The van der Waals surface area contributed by atoms with Gasteiger partial charge >= 0.3 is 5.97 Å². The van der Waals surface area contributed by atoms with E-state index < -0.39 is 5.97 Å². The standard InChI is InChI=1S/C12H19NO3/c1-13(7-6-10(14)15)12(16)11-8-4-2-3-5-9(8)11/h8-9,11H,2-7H2,1H3,(H,14,15). The van der Waals surface area contributed by atoms with E-state index >= 15 is 0 Å². The highest BCUT2D eigenvalue weighted by Gasteiger charge is 2.55. The van der Waals surface area contributed by atoms with Gasteiger partial charge in [-0.2, -0.15) is 0 Å². The molecule has 2 unspecified atom stereocenters. The molecular formula is C12H19NO3. The fourth-order valence-corrected chi connectivity index (χ4v) is 2.99. The molecule has 2 atom stereocenters. The Bertz CT molecular complexity index is 291. The highest BCUT2D eigenvalue weighted by Crippen LogP contribution is 2.55. The third-order valence-corrected chi connectivity index (χ3v) is 3.98. The molecule has 0 aliphatic heterocycles. The van der Waals surface area contributed by atoms with Gasteiger partial charge in [0.2, 0.25) is 5.91 Å². The van der Waals surface area contributed by atoms with Gasteiger partial charge in [-0.05, 0) is 24.7 Å². The fourth-order valence-electron chi connectivity index (χ4n) is 2.99. The van der Waals surface area contributed by atoms with E-state index in [4.69, 9.17) is 5.11 Å². The highest BCUT2D eigenvalue weighted by molar-refractivity contribution is 5.82. The molecule has 0 saturated heterocycles. The fraction of sp³-hybridized carbons (Fsp3) is 0.833. The summed E-state index contributed by atoms with van der Waals surface area (Å²) < 4.78 is 0. The SMILES string of the molecule is CN(CCC(=O)O)C(=O)C1C2CCCCC21. The van der Waals surface area contributed by atoms with Crippen LogP contribution >= 0.6 is 0 Å². The number of carbonyl (C=O) groups is 2. The van der Waals surface area contributed by atoms with Crippen LogP contribution in [-0.2, 0) is 9.59 Å². The Morgan fingerprint density at radius 1 is 1.25 bits per heavy atom. The summed E-state index contributed by atoms with van der Waals surface area (Å²) >= 11 is 0. The number of rotatable bonds is 4. The summed E-state index contributed by atoms with van der Waals surface area (Å²) in [5, 5.41) is 8.57. The van der Waals surface area contributed by atoms with Crippen molar-refractivity contribution in [2.24, 2.45) is 17.8 Å². The Kier molecular flexibility index (Phi) is 3.17.